The van der Waals surface area contributed by atoms with Crippen molar-refractivity contribution < 1.29 is 0 Å². The Labute approximate surface area is 118 Å². The van der Waals surface area contributed by atoms with Crippen LogP contribution in [-0.4, -0.2) is 0 Å². The highest BCUT2D eigenvalue weighted by Crippen LogP contribution is 2.32. The largest absolute Gasteiger partial charge is 0.0622 e. The van der Waals surface area contributed by atoms with Gasteiger partial charge < -0.3 is 0 Å². The molecule has 20 heavy (non-hydrogen) atoms. The van der Waals surface area contributed by atoms with Crippen molar-refractivity contribution in [1.29, 1.82) is 0 Å². The highest BCUT2D eigenvalue weighted by Gasteiger charge is 2.05. The summed E-state index contributed by atoms with van der Waals surface area (Å²) < 4.78 is 0. The molecule has 0 saturated carbocycles. The molecule has 0 spiro atoms. The zero-order chi connectivity index (χ0) is 13.4. The van der Waals surface area contributed by atoms with Gasteiger partial charge in [-0.3, -0.25) is 0 Å². The maximum Gasteiger partial charge on any atom is -0.00987 e. The minimum atomic E-state index is 1.17. The molecule has 93 valence electrons. The summed E-state index contributed by atoms with van der Waals surface area (Å²) >= 11 is 0. The molecule has 0 bridgehead atoms. The van der Waals surface area contributed by atoms with Crippen LogP contribution in [0.3, 0.4) is 0 Å². The summed E-state index contributed by atoms with van der Waals surface area (Å²) in [6.07, 6.45) is 0. The second-order valence-corrected chi connectivity index (χ2v) is 4.96. The van der Waals surface area contributed by atoms with Crippen LogP contribution in [0.4, 0.5) is 0 Å². The highest BCUT2D eigenvalue weighted by atomic mass is 14.1. The lowest BCUT2D eigenvalue weighted by Crippen LogP contribution is -1.82. The van der Waals surface area contributed by atoms with E-state index in [1.54, 1.807) is 0 Å². The molecular weight excluding hydrogens is 240 g/mol. The molecule has 0 heteroatoms. The van der Waals surface area contributed by atoms with Crippen molar-refractivity contribution in [2.24, 2.45) is 0 Å². The second kappa shape index (κ2) is 4.50. The van der Waals surface area contributed by atoms with Gasteiger partial charge in [-0.1, -0.05) is 78.9 Å². The zero-order valence-corrected chi connectivity index (χ0v) is 11.0. The molecule has 0 saturated heterocycles. The number of benzene rings is 4. The first kappa shape index (κ1) is 11.2. The normalized spacial score (nSPS) is 11.0. The molecule has 0 aliphatic carbocycles. The first-order valence-electron chi connectivity index (χ1n) is 6.81. The quantitative estimate of drug-likeness (QED) is 0.395. The molecular formula is C20H13. The van der Waals surface area contributed by atoms with Gasteiger partial charge in [-0.15, -0.1) is 0 Å². The van der Waals surface area contributed by atoms with Crippen LogP contribution in [0.2, 0.25) is 0 Å². The fraction of sp³-hybridized carbons (Fsp3) is 0. The molecule has 0 N–H and O–H groups in total. The molecule has 0 amide bonds. The Morgan fingerprint density at radius 2 is 1.40 bits per heavy atom. The lowest BCUT2D eigenvalue weighted by Gasteiger charge is -2.09. The maximum absolute atomic E-state index is 3.30. The van der Waals surface area contributed by atoms with E-state index in [0.29, 0.717) is 0 Å². The van der Waals surface area contributed by atoms with Gasteiger partial charge in [-0.25, -0.2) is 0 Å². The lowest BCUT2D eigenvalue weighted by molar-refractivity contribution is 1.66. The molecule has 0 atom stereocenters. The van der Waals surface area contributed by atoms with Crippen LogP contribution in [0.15, 0.2) is 78.9 Å². The van der Waals surface area contributed by atoms with E-state index in [9.17, 15) is 0 Å². The van der Waals surface area contributed by atoms with Crippen molar-refractivity contribution in [1.82, 2.24) is 0 Å². The zero-order valence-electron chi connectivity index (χ0n) is 11.0. The molecule has 0 fully saturated rings. The van der Waals surface area contributed by atoms with Crippen LogP contribution in [0.1, 0.15) is 0 Å². The van der Waals surface area contributed by atoms with Gasteiger partial charge in [0.05, 0.1) is 0 Å². The molecule has 4 aromatic carbocycles. The van der Waals surface area contributed by atoms with E-state index in [2.05, 4.69) is 78.9 Å². The van der Waals surface area contributed by atoms with E-state index < -0.39 is 0 Å². The summed E-state index contributed by atoms with van der Waals surface area (Å²) in [4.78, 5) is 0. The summed E-state index contributed by atoms with van der Waals surface area (Å²) in [5.74, 6) is 0. The smallest absolute Gasteiger partial charge is 0.00987 e. The Kier molecular flexibility index (Phi) is 2.53. The van der Waals surface area contributed by atoms with Crippen LogP contribution < -0.4 is 0 Å². The molecule has 0 unspecified atom stereocenters. The first-order chi connectivity index (χ1) is 9.93. The Morgan fingerprint density at radius 3 is 2.30 bits per heavy atom. The Morgan fingerprint density at radius 1 is 0.550 bits per heavy atom. The van der Waals surface area contributed by atoms with E-state index in [4.69, 9.17) is 0 Å². The van der Waals surface area contributed by atoms with Crippen molar-refractivity contribution in [3.05, 3.63) is 84.9 Å². The third kappa shape index (κ3) is 1.70. The van der Waals surface area contributed by atoms with Gasteiger partial charge in [0.15, 0.2) is 0 Å². The van der Waals surface area contributed by atoms with Crippen LogP contribution in [0.25, 0.3) is 32.7 Å². The minimum absolute atomic E-state index is 1.17. The fourth-order valence-corrected chi connectivity index (χ4v) is 2.84. The summed E-state index contributed by atoms with van der Waals surface area (Å²) in [6, 6.07) is 30.9. The van der Waals surface area contributed by atoms with E-state index in [0.717, 1.165) is 0 Å². The van der Waals surface area contributed by atoms with E-state index in [-0.39, 0.29) is 0 Å². The number of fused-ring (bicyclic) bond motifs is 3. The average molecular weight is 253 g/mol. The minimum Gasteiger partial charge on any atom is -0.0622 e. The van der Waals surface area contributed by atoms with Crippen LogP contribution >= 0.6 is 0 Å². The molecule has 4 rings (SSSR count). The molecule has 0 aliphatic heterocycles. The van der Waals surface area contributed by atoms with Gasteiger partial charge >= 0.3 is 0 Å². The van der Waals surface area contributed by atoms with Gasteiger partial charge in [0.2, 0.25) is 0 Å². The first-order valence-corrected chi connectivity index (χ1v) is 6.81. The van der Waals surface area contributed by atoms with Gasteiger partial charge in [-0.2, -0.15) is 0 Å². The van der Waals surface area contributed by atoms with Gasteiger partial charge in [0.25, 0.3) is 0 Å². The van der Waals surface area contributed by atoms with Gasteiger partial charge in [-0.05, 0) is 38.7 Å². The van der Waals surface area contributed by atoms with Crippen molar-refractivity contribution in [2.45, 2.75) is 0 Å². The Hall–Kier alpha value is -2.60. The van der Waals surface area contributed by atoms with Gasteiger partial charge in [0, 0.05) is 0 Å². The molecule has 0 aliphatic rings. The number of hydrogen-bond donors (Lipinski definition) is 0. The lowest BCUT2D eigenvalue weighted by atomic mass is 9.95. The van der Waals surface area contributed by atoms with Crippen molar-refractivity contribution in [3.63, 3.8) is 0 Å². The number of rotatable bonds is 1. The van der Waals surface area contributed by atoms with Crippen LogP contribution in [0.5, 0.6) is 0 Å². The predicted molar refractivity (Wildman–Crippen MR) is 85.7 cm³/mol. The van der Waals surface area contributed by atoms with Crippen molar-refractivity contribution in [3.8, 4) is 11.1 Å². The molecule has 0 nitrogen and oxygen atoms in total. The van der Waals surface area contributed by atoms with Crippen molar-refractivity contribution >= 4 is 21.5 Å². The molecule has 4 aromatic rings. The van der Waals surface area contributed by atoms with Crippen LogP contribution in [-0.2, 0) is 0 Å². The third-order valence-electron chi connectivity index (χ3n) is 3.79. The summed E-state index contributed by atoms with van der Waals surface area (Å²) in [5, 5.41) is 5.03. The average Bonchev–Trinajstić information content (AvgIpc) is 2.55. The SMILES string of the molecule is [c]1cccc2c1ccc1c(-c3ccccc3)cccc12. The Balaban J connectivity index is 2.12. The second-order valence-electron chi connectivity index (χ2n) is 4.96. The Bertz CT molecular complexity index is 889. The van der Waals surface area contributed by atoms with E-state index in [1.165, 1.54) is 32.7 Å². The molecule has 1 radical (unpaired) electrons. The standard InChI is InChI=1S/C20H13/c1-2-7-15(8-3-1)18-11-6-12-19-17-10-5-4-9-16(17)13-14-20(18)19/h1-8,10-14H. The third-order valence-corrected chi connectivity index (χ3v) is 3.79. The summed E-state index contributed by atoms with van der Waals surface area (Å²) in [5.41, 5.74) is 2.55. The summed E-state index contributed by atoms with van der Waals surface area (Å²) in [6.45, 7) is 0. The maximum atomic E-state index is 3.30. The number of hydrogen-bond acceptors (Lipinski definition) is 0. The fourth-order valence-electron chi connectivity index (χ4n) is 2.84. The topological polar surface area (TPSA) is 0 Å². The molecule has 0 heterocycles. The monoisotopic (exact) mass is 253 g/mol. The predicted octanol–water partition coefficient (Wildman–Crippen LogP) is 5.46. The van der Waals surface area contributed by atoms with E-state index in [1.807, 2.05) is 6.07 Å². The highest BCUT2D eigenvalue weighted by molar-refractivity contribution is 6.11. The molecule has 0 aromatic heterocycles. The summed E-state index contributed by atoms with van der Waals surface area (Å²) in [7, 11) is 0. The van der Waals surface area contributed by atoms with Crippen LogP contribution in [0, 0.1) is 6.07 Å². The van der Waals surface area contributed by atoms with Crippen molar-refractivity contribution in [2.75, 3.05) is 0 Å². The van der Waals surface area contributed by atoms with E-state index >= 15 is 0 Å². The van der Waals surface area contributed by atoms with Gasteiger partial charge in [0.1, 0.15) is 0 Å².